The highest BCUT2D eigenvalue weighted by atomic mass is 16.5. The third-order valence-corrected chi connectivity index (χ3v) is 1.89. The van der Waals surface area contributed by atoms with Gasteiger partial charge in [0.1, 0.15) is 0 Å². The van der Waals surface area contributed by atoms with E-state index >= 15 is 0 Å². The topological polar surface area (TPSA) is 76.7 Å². The zero-order valence-corrected chi connectivity index (χ0v) is 8.04. The van der Waals surface area contributed by atoms with Crippen molar-refractivity contribution in [3.05, 3.63) is 23.9 Å². The number of carboxylic acid groups (broad SMARTS) is 1. The van der Waals surface area contributed by atoms with Crippen LogP contribution in [0.5, 0.6) is 6.01 Å². The highest BCUT2D eigenvalue weighted by Gasteiger charge is 2.09. The number of nitrogens with zero attached hydrogens (tertiary/aromatic N) is 3. The number of rotatable bonds is 3. The van der Waals surface area contributed by atoms with Crippen molar-refractivity contribution in [3.8, 4) is 6.01 Å². The summed E-state index contributed by atoms with van der Waals surface area (Å²) in [4.78, 5) is 10.7. The normalized spacial score (nSPS) is 10.5. The molecule has 0 amide bonds. The number of ether oxygens (including phenoxy) is 1. The lowest BCUT2D eigenvalue weighted by Crippen LogP contribution is -2.01. The molecule has 2 heterocycles. The number of hydrogen-bond acceptors (Lipinski definition) is 4. The molecule has 6 heteroatoms. The zero-order chi connectivity index (χ0) is 10.8. The first-order chi connectivity index (χ1) is 7.22. The molecule has 78 valence electrons. The maximum absolute atomic E-state index is 10.7. The van der Waals surface area contributed by atoms with E-state index in [0.717, 1.165) is 0 Å². The molecule has 0 fully saturated rings. The van der Waals surface area contributed by atoms with Crippen LogP contribution in [-0.2, 0) is 0 Å². The van der Waals surface area contributed by atoms with Gasteiger partial charge in [-0.2, -0.15) is 0 Å². The van der Waals surface area contributed by atoms with Crippen LogP contribution in [-0.4, -0.2) is 32.3 Å². The molecule has 15 heavy (non-hydrogen) atoms. The van der Waals surface area contributed by atoms with Crippen LogP contribution >= 0.6 is 0 Å². The lowest BCUT2D eigenvalue weighted by molar-refractivity contribution is 0.0696. The first-order valence-corrected chi connectivity index (χ1v) is 4.43. The Balaban J connectivity index is 2.56. The molecule has 0 aromatic carbocycles. The maximum Gasteiger partial charge on any atom is 0.337 e. The van der Waals surface area contributed by atoms with Gasteiger partial charge in [-0.1, -0.05) is 5.10 Å². The van der Waals surface area contributed by atoms with Crippen molar-refractivity contribution >= 4 is 11.6 Å². The monoisotopic (exact) mass is 207 g/mol. The van der Waals surface area contributed by atoms with E-state index in [1.807, 2.05) is 6.92 Å². The molecule has 0 atom stereocenters. The van der Waals surface area contributed by atoms with E-state index in [2.05, 4.69) is 10.2 Å². The zero-order valence-electron chi connectivity index (χ0n) is 8.04. The van der Waals surface area contributed by atoms with Gasteiger partial charge in [-0.15, -0.1) is 5.10 Å². The van der Waals surface area contributed by atoms with Crippen LogP contribution in [0.4, 0.5) is 0 Å². The second-order valence-corrected chi connectivity index (χ2v) is 2.87. The Labute approximate surface area is 85.1 Å². The smallest absolute Gasteiger partial charge is 0.337 e. The molecule has 2 aromatic heterocycles. The molecule has 0 radical (unpaired) electrons. The summed E-state index contributed by atoms with van der Waals surface area (Å²) >= 11 is 0. The second kappa shape index (κ2) is 3.56. The van der Waals surface area contributed by atoms with Gasteiger partial charge in [-0.3, -0.25) is 4.40 Å². The van der Waals surface area contributed by atoms with Gasteiger partial charge in [-0.25, -0.2) is 4.79 Å². The predicted molar refractivity (Wildman–Crippen MR) is 51.1 cm³/mol. The SMILES string of the molecule is CCOc1nnc2ccc(C(=O)O)cn12. The largest absolute Gasteiger partial charge is 0.478 e. The van der Waals surface area contributed by atoms with Crippen LogP contribution in [0.2, 0.25) is 0 Å². The molecule has 0 unspecified atom stereocenters. The average Bonchev–Trinajstić information content (AvgIpc) is 2.61. The number of fused-ring (bicyclic) bond motifs is 1. The third kappa shape index (κ3) is 1.61. The number of carbonyl (C=O) groups is 1. The summed E-state index contributed by atoms with van der Waals surface area (Å²) in [6.07, 6.45) is 1.43. The van der Waals surface area contributed by atoms with Gasteiger partial charge < -0.3 is 9.84 Å². The summed E-state index contributed by atoms with van der Waals surface area (Å²) < 4.78 is 6.70. The molecular weight excluding hydrogens is 198 g/mol. The van der Waals surface area contributed by atoms with E-state index in [4.69, 9.17) is 9.84 Å². The van der Waals surface area contributed by atoms with Crippen molar-refractivity contribution in [2.75, 3.05) is 6.61 Å². The number of carboxylic acids is 1. The van der Waals surface area contributed by atoms with Crippen molar-refractivity contribution in [3.63, 3.8) is 0 Å². The van der Waals surface area contributed by atoms with Gasteiger partial charge >= 0.3 is 12.0 Å². The van der Waals surface area contributed by atoms with Crippen molar-refractivity contribution in [2.24, 2.45) is 0 Å². The molecule has 0 spiro atoms. The fourth-order valence-corrected chi connectivity index (χ4v) is 1.22. The quantitative estimate of drug-likeness (QED) is 0.806. The molecule has 0 bridgehead atoms. The van der Waals surface area contributed by atoms with Gasteiger partial charge in [0.2, 0.25) is 0 Å². The number of aromatic carboxylic acids is 1. The van der Waals surface area contributed by atoms with E-state index in [1.165, 1.54) is 16.7 Å². The standard InChI is InChI=1S/C9H9N3O3/c1-2-15-9-11-10-7-4-3-6(8(13)14)5-12(7)9/h3-5H,2H2,1H3,(H,13,14). The summed E-state index contributed by atoms with van der Waals surface area (Å²) in [5.41, 5.74) is 0.728. The van der Waals surface area contributed by atoms with Crippen LogP contribution in [0, 0.1) is 0 Å². The van der Waals surface area contributed by atoms with E-state index in [-0.39, 0.29) is 5.56 Å². The van der Waals surface area contributed by atoms with E-state index in [9.17, 15) is 4.79 Å². The molecule has 2 aromatic rings. The maximum atomic E-state index is 10.7. The Kier molecular flexibility index (Phi) is 2.24. The highest BCUT2D eigenvalue weighted by Crippen LogP contribution is 2.12. The van der Waals surface area contributed by atoms with Gasteiger partial charge in [-0.05, 0) is 19.1 Å². The Morgan fingerprint density at radius 3 is 3.00 bits per heavy atom. The average molecular weight is 207 g/mol. The van der Waals surface area contributed by atoms with Crippen LogP contribution in [0.3, 0.4) is 0 Å². The molecule has 0 saturated heterocycles. The van der Waals surface area contributed by atoms with Crippen molar-refractivity contribution in [1.82, 2.24) is 14.6 Å². The number of pyridine rings is 1. The van der Waals surface area contributed by atoms with Crippen molar-refractivity contribution < 1.29 is 14.6 Å². The van der Waals surface area contributed by atoms with Crippen LogP contribution < -0.4 is 4.74 Å². The lowest BCUT2D eigenvalue weighted by atomic mass is 10.3. The minimum Gasteiger partial charge on any atom is -0.478 e. The second-order valence-electron chi connectivity index (χ2n) is 2.87. The fourth-order valence-electron chi connectivity index (χ4n) is 1.22. The minimum absolute atomic E-state index is 0.170. The first kappa shape index (κ1) is 9.45. The van der Waals surface area contributed by atoms with Gasteiger partial charge in [0, 0.05) is 6.20 Å². The molecule has 1 N–H and O–H groups in total. The molecule has 2 rings (SSSR count). The first-order valence-electron chi connectivity index (χ1n) is 4.43. The summed E-state index contributed by atoms with van der Waals surface area (Å²) in [7, 11) is 0. The van der Waals surface area contributed by atoms with E-state index < -0.39 is 5.97 Å². The molecule has 0 aliphatic rings. The van der Waals surface area contributed by atoms with Crippen LogP contribution in [0.25, 0.3) is 5.65 Å². The number of hydrogen-bond donors (Lipinski definition) is 1. The third-order valence-electron chi connectivity index (χ3n) is 1.89. The molecular formula is C9H9N3O3. The Bertz CT molecular complexity index is 506. The summed E-state index contributed by atoms with van der Waals surface area (Å²) in [5, 5.41) is 16.4. The molecule has 0 aliphatic carbocycles. The van der Waals surface area contributed by atoms with Gasteiger partial charge in [0.15, 0.2) is 5.65 Å². The summed E-state index contributed by atoms with van der Waals surface area (Å²) in [5.74, 6) is -0.993. The van der Waals surface area contributed by atoms with E-state index in [1.54, 1.807) is 6.07 Å². The minimum atomic E-state index is -0.993. The summed E-state index contributed by atoms with van der Waals surface area (Å²) in [6.45, 7) is 2.28. The van der Waals surface area contributed by atoms with Crippen LogP contribution in [0.1, 0.15) is 17.3 Å². The molecule has 0 saturated carbocycles. The Morgan fingerprint density at radius 1 is 1.53 bits per heavy atom. The lowest BCUT2D eigenvalue weighted by Gasteiger charge is -2.00. The number of aromatic nitrogens is 3. The van der Waals surface area contributed by atoms with Crippen molar-refractivity contribution in [2.45, 2.75) is 6.92 Å². The molecule has 6 nitrogen and oxygen atoms in total. The van der Waals surface area contributed by atoms with E-state index in [0.29, 0.717) is 18.3 Å². The summed E-state index contributed by atoms with van der Waals surface area (Å²) in [6, 6.07) is 3.36. The predicted octanol–water partition coefficient (Wildman–Crippen LogP) is 0.826. The van der Waals surface area contributed by atoms with Gasteiger partial charge in [0.25, 0.3) is 0 Å². The Morgan fingerprint density at radius 2 is 2.33 bits per heavy atom. The fraction of sp³-hybridized carbons (Fsp3) is 0.222. The van der Waals surface area contributed by atoms with Gasteiger partial charge in [0.05, 0.1) is 12.2 Å². The van der Waals surface area contributed by atoms with Crippen LogP contribution in [0.15, 0.2) is 18.3 Å². The molecule has 0 aliphatic heterocycles. The highest BCUT2D eigenvalue weighted by molar-refractivity contribution is 5.87. The Hall–Kier alpha value is -2.11. The van der Waals surface area contributed by atoms with Crippen molar-refractivity contribution in [1.29, 1.82) is 0 Å².